The van der Waals surface area contributed by atoms with Crippen molar-refractivity contribution in [2.45, 2.75) is 6.42 Å². The minimum Gasteiger partial charge on any atom is -0.369 e. The number of rotatable bonds is 16. The van der Waals surface area contributed by atoms with Gasteiger partial charge in [0.05, 0.1) is 17.1 Å². The zero-order chi connectivity index (χ0) is 35.7. The average molecular weight is 749 g/mol. The monoisotopic (exact) mass is 747 g/mol. The van der Waals surface area contributed by atoms with Crippen LogP contribution in [0.2, 0.25) is 0 Å². The molecule has 0 unspecified atom stereocenters. The Morgan fingerprint density at radius 3 is 1.48 bits per heavy atom. The second kappa shape index (κ2) is 18.5. The summed E-state index contributed by atoms with van der Waals surface area (Å²) in [5.41, 5.74) is 3.71. The van der Waals surface area contributed by atoms with Crippen molar-refractivity contribution in [1.29, 1.82) is 0 Å². The molecule has 0 radical (unpaired) electrons. The van der Waals surface area contributed by atoms with Crippen LogP contribution in [0.4, 0.5) is 22.7 Å². The van der Waals surface area contributed by atoms with Crippen LogP contribution in [0.25, 0.3) is 0 Å². The molecule has 3 aromatic heterocycles. The van der Waals surface area contributed by atoms with Crippen molar-refractivity contribution < 1.29 is 19.2 Å². The topological polar surface area (TPSA) is 138 Å². The third-order valence-electron chi connectivity index (χ3n) is 7.76. The molecule has 0 fully saturated rings. The molecule has 0 aliphatic rings. The molecule has 4 N–H and O–H groups in total. The first kappa shape index (κ1) is 40.0. The summed E-state index contributed by atoms with van der Waals surface area (Å²) in [5, 5.41) is 11.4. The molecule has 13 nitrogen and oxygen atoms in total. The van der Waals surface area contributed by atoms with Crippen molar-refractivity contribution in [3.63, 3.8) is 0 Å². The number of aromatic nitrogens is 3. The van der Waals surface area contributed by atoms with Crippen LogP contribution >= 0.6 is 35.6 Å². The standard InChI is InChI=1S/C34H43Cl2N9O4.ClH/c1-41(2)14-6-13-37-32(47)28-17-25(21-42(28)3)39-34(49)30-19-26(22-44(30)5)40-33(48)29-18-24(20-43(29)4)38-31(46)23-7-9-27(10-8-23)45(15-11-35)16-12-36;/h7-10,17-22H,6,11-16H2,1-5H3,(H,37,47)(H,38,46)(H,39,49)(H,40,48);1H. The predicted molar refractivity (Wildman–Crippen MR) is 203 cm³/mol. The van der Waals surface area contributed by atoms with Crippen LogP contribution in [0.1, 0.15) is 48.2 Å². The number of amides is 4. The van der Waals surface area contributed by atoms with Gasteiger partial charge in [-0.25, -0.2) is 0 Å². The van der Waals surface area contributed by atoms with Crippen molar-refractivity contribution >= 4 is 82.0 Å². The summed E-state index contributed by atoms with van der Waals surface area (Å²) in [6.45, 7) is 2.68. The summed E-state index contributed by atoms with van der Waals surface area (Å²) in [6, 6.07) is 11.9. The number of anilines is 4. The minimum absolute atomic E-state index is 0. The van der Waals surface area contributed by atoms with E-state index in [-0.39, 0.29) is 24.2 Å². The van der Waals surface area contributed by atoms with Crippen molar-refractivity contribution in [2.75, 3.05) is 72.9 Å². The van der Waals surface area contributed by atoms with Gasteiger partial charge in [0.25, 0.3) is 23.6 Å². The van der Waals surface area contributed by atoms with Gasteiger partial charge in [-0.1, -0.05) is 0 Å². The molecule has 0 aliphatic carbocycles. The summed E-state index contributed by atoms with van der Waals surface area (Å²) >= 11 is 11.8. The number of halogens is 3. The number of aryl methyl sites for hydroxylation is 3. The van der Waals surface area contributed by atoms with Crippen LogP contribution in [-0.2, 0) is 21.1 Å². The highest BCUT2D eigenvalue weighted by atomic mass is 35.5. The largest absolute Gasteiger partial charge is 0.369 e. The summed E-state index contributed by atoms with van der Waals surface area (Å²) in [7, 11) is 9.08. The third-order valence-corrected chi connectivity index (χ3v) is 8.10. The number of hydrogen-bond donors (Lipinski definition) is 4. The molecule has 3 heterocycles. The average Bonchev–Trinajstić information content (AvgIpc) is 3.74. The summed E-state index contributed by atoms with van der Waals surface area (Å²) in [4.78, 5) is 56.0. The van der Waals surface area contributed by atoms with Gasteiger partial charge in [0.1, 0.15) is 17.1 Å². The van der Waals surface area contributed by atoms with Gasteiger partial charge in [-0.3, -0.25) is 19.2 Å². The Balaban J connectivity index is 0.00000676. The first-order valence-corrected chi connectivity index (χ1v) is 16.8. The maximum Gasteiger partial charge on any atom is 0.272 e. The number of benzene rings is 1. The Labute approximate surface area is 308 Å². The van der Waals surface area contributed by atoms with Gasteiger partial charge >= 0.3 is 0 Å². The van der Waals surface area contributed by atoms with E-state index in [9.17, 15) is 19.2 Å². The van der Waals surface area contributed by atoms with E-state index >= 15 is 0 Å². The molecule has 16 heteroatoms. The first-order chi connectivity index (χ1) is 23.4. The summed E-state index contributed by atoms with van der Waals surface area (Å²) in [6.07, 6.45) is 5.76. The van der Waals surface area contributed by atoms with Gasteiger partial charge in [-0.15, -0.1) is 35.6 Å². The van der Waals surface area contributed by atoms with Crippen molar-refractivity contribution in [1.82, 2.24) is 23.9 Å². The van der Waals surface area contributed by atoms with E-state index in [2.05, 4.69) is 21.3 Å². The van der Waals surface area contributed by atoms with Gasteiger partial charge in [0.15, 0.2) is 0 Å². The second-order valence-electron chi connectivity index (χ2n) is 11.9. The Morgan fingerprint density at radius 2 is 1.06 bits per heavy atom. The van der Waals surface area contributed by atoms with Gasteiger partial charge < -0.3 is 44.8 Å². The Kier molecular flexibility index (Phi) is 14.8. The smallest absolute Gasteiger partial charge is 0.272 e. The van der Waals surface area contributed by atoms with Crippen LogP contribution in [0, 0.1) is 0 Å². The quantitative estimate of drug-likeness (QED) is 0.0956. The molecule has 4 rings (SSSR count). The lowest BCUT2D eigenvalue weighted by atomic mass is 10.1. The van der Waals surface area contributed by atoms with Gasteiger partial charge in [0.2, 0.25) is 0 Å². The van der Waals surface area contributed by atoms with Gasteiger partial charge in [0, 0.05) is 82.4 Å². The maximum absolute atomic E-state index is 13.2. The van der Waals surface area contributed by atoms with E-state index in [4.69, 9.17) is 23.2 Å². The molecule has 4 aromatic rings. The number of carbonyl (C=O) groups is 4. The predicted octanol–water partition coefficient (Wildman–Crippen LogP) is 4.85. The molecular weight excluding hydrogens is 705 g/mol. The minimum atomic E-state index is -0.423. The van der Waals surface area contributed by atoms with Crippen LogP contribution in [0.5, 0.6) is 0 Å². The highest BCUT2D eigenvalue weighted by Gasteiger charge is 2.19. The lowest BCUT2D eigenvalue weighted by molar-refractivity contribution is 0.0942. The fourth-order valence-corrected chi connectivity index (χ4v) is 5.66. The normalized spacial score (nSPS) is 10.8. The van der Waals surface area contributed by atoms with E-state index in [0.29, 0.717) is 71.1 Å². The molecular formula is C34H44Cl3N9O4. The molecule has 0 aliphatic heterocycles. The lowest BCUT2D eigenvalue weighted by Gasteiger charge is -2.22. The van der Waals surface area contributed by atoms with E-state index < -0.39 is 11.8 Å². The molecule has 50 heavy (non-hydrogen) atoms. The molecule has 0 saturated carbocycles. The van der Waals surface area contributed by atoms with Crippen LogP contribution in [-0.4, -0.2) is 94.3 Å². The molecule has 4 amide bonds. The Morgan fingerprint density at radius 1 is 0.640 bits per heavy atom. The molecule has 0 saturated heterocycles. The third kappa shape index (κ3) is 10.5. The highest BCUT2D eigenvalue weighted by Crippen LogP contribution is 2.21. The van der Waals surface area contributed by atoms with Crippen molar-refractivity contribution in [3.05, 3.63) is 83.7 Å². The molecule has 1 aromatic carbocycles. The Hall–Kier alpha value is -4.43. The second-order valence-corrected chi connectivity index (χ2v) is 12.6. The SMILES string of the molecule is CN(C)CCCNC(=O)c1cc(NC(=O)c2cc(NC(=O)c3cc(NC(=O)c4ccc(N(CCCl)CCCl)cc4)cn3C)cn2C)cn1C.Cl. The number of nitrogens with zero attached hydrogens (tertiary/aromatic N) is 5. The fourth-order valence-electron chi connectivity index (χ4n) is 5.25. The van der Waals surface area contributed by atoms with E-state index in [1.54, 1.807) is 83.8 Å². The zero-order valence-electron chi connectivity index (χ0n) is 28.8. The van der Waals surface area contributed by atoms with Gasteiger partial charge in [-0.2, -0.15) is 0 Å². The Bertz CT molecular complexity index is 1770. The fraction of sp³-hybridized carbons (Fsp3) is 0.353. The number of carbonyl (C=O) groups excluding carboxylic acids is 4. The molecule has 0 bridgehead atoms. The maximum atomic E-state index is 13.2. The highest BCUT2D eigenvalue weighted by molar-refractivity contribution is 6.18. The molecule has 0 atom stereocenters. The van der Waals surface area contributed by atoms with Crippen LogP contribution < -0.4 is 26.2 Å². The molecule has 270 valence electrons. The van der Waals surface area contributed by atoms with E-state index in [0.717, 1.165) is 18.7 Å². The number of hydrogen-bond acceptors (Lipinski definition) is 6. The van der Waals surface area contributed by atoms with E-state index in [1.807, 2.05) is 36.0 Å². The van der Waals surface area contributed by atoms with Crippen LogP contribution in [0.15, 0.2) is 61.1 Å². The molecule has 0 spiro atoms. The summed E-state index contributed by atoms with van der Waals surface area (Å²) in [5.74, 6) is -0.466. The number of nitrogens with one attached hydrogen (secondary N) is 4. The van der Waals surface area contributed by atoms with Crippen molar-refractivity contribution in [2.24, 2.45) is 21.1 Å². The number of alkyl halides is 2. The van der Waals surface area contributed by atoms with Gasteiger partial charge in [-0.05, 0) is 69.5 Å². The zero-order valence-corrected chi connectivity index (χ0v) is 31.1. The summed E-state index contributed by atoms with van der Waals surface area (Å²) < 4.78 is 4.85. The van der Waals surface area contributed by atoms with Crippen molar-refractivity contribution in [3.8, 4) is 0 Å². The lowest BCUT2D eigenvalue weighted by Crippen LogP contribution is -2.28. The first-order valence-electron chi connectivity index (χ1n) is 15.7. The van der Waals surface area contributed by atoms with Crippen LogP contribution in [0.3, 0.4) is 0 Å². The van der Waals surface area contributed by atoms with E-state index in [1.165, 1.54) is 0 Å².